The Morgan fingerprint density at radius 1 is 1.17 bits per heavy atom. The van der Waals surface area contributed by atoms with Gasteiger partial charge in [-0.25, -0.2) is 4.79 Å². The Kier molecular flexibility index (Phi) is 9.05. The van der Waals surface area contributed by atoms with Crippen molar-refractivity contribution >= 4 is 47.0 Å². The molecule has 1 aromatic heterocycles. The number of amides is 1. The number of carboxylic acid groups (broad SMARTS) is 1. The van der Waals surface area contributed by atoms with E-state index in [1.807, 2.05) is 48.5 Å². The summed E-state index contributed by atoms with van der Waals surface area (Å²) >= 11 is 9.59. The standard InChI is InChI=1S/C14H16N2O3S.C7H8ClN/c17-13(5-6-20)16-12(14(18)19)7-9-8-15-11-4-2-1-3-10(9)11;8-7-3-1-6(5-9)2-4-7/h1-4,8,12,15,20H,5-7H2,(H,16,17)(H,18,19);1-4H,5,9H2/t12-;/m0./s1. The van der Waals surface area contributed by atoms with Crippen molar-refractivity contribution in [1.29, 1.82) is 0 Å². The van der Waals surface area contributed by atoms with E-state index in [1.54, 1.807) is 6.20 Å². The molecule has 29 heavy (non-hydrogen) atoms. The monoisotopic (exact) mass is 433 g/mol. The number of carbonyl (C=O) groups excluding carboxylic acids is 1. The zero-order valence-electron chi connectivity index (χ0n) is 15.8. The Hall–Kier alpha value is -2.48. The summed E-state index contributed by atoms with van der Waals surface area (Å²) in [7, 11) is 0. The molecular weight excluding hydrogens is 410 g/mol. The number of thiol groups is 1. The number of hydrogen-bond donors (Lipinski definition) is 5. The number of carbonyl (C=O) groups is 2. The first-order valence-corrected chi connectivity index (χ1v) is 10.1. The second-order valence-electron chi connectivity index (χ2n) is 6.33. The summed E-state index contributed by atoms with van der Waals surface area (Å²) in [5.74, 6) is -0.944. The number of H-pyrrole nitrogens is 1. The lowest BCUT2D eigenvalue weighted by atomic mass is 10.0. The van der Waals surface area contributed by atoms with E-state index < -0.39 is 12.0 Å². The first-order chi connectivity index (χ1) is 13.9. The van der Waals surface area contributed by atoms with Gasteiger partial charge in [-0.05, 0) is 35.1 Å². The molecule has 0 aliphatic carbocycles. The van der Waals surface area contributed by atoms with Crippen LogP contribution in [0.5, 0.6) is 0 Å². The van der Waals surface area contributed by atoms with Crippen molar-refractivity contribution in [2.24, 2.45) is 5.73 Å². The number of aromatic amines is 1. The normalized spacial score (nSPS) is 11.4. The molecule has 0 radical (unpaired) electrons. The number of rotatable bonds is 7. The predicted octanol–water partition coefficient (Wildman–Crippen LogP) is 3.40. The van der Waals surface area contributed by atoms with Gasteiger partial charge in [-0.2, -0.15) is 12.6 Å². The zero-order chi connectivity index (χ0) is 21.2. The summed E-state index contributed by atoms with van der Waals surface area (Å²) in [5, 5.41) is 13.5. The van der Waals surface area contributed by atoms with Crippen LogP contribution in [0.3, 0.4) is 0 Å². The molecule has 1 heterocycles. The summed E-state index contributed by atoms with van der Waals surface area (Å²) in [6, 6.07) is 14.2. The number of halogens is 1. The van der Waals surface area contributed by atoms with Gasteiger partial charge in [-0.15, -0.1) is 0 Å². The van der Waals surface area contributed by atoms with E-state index in [4.69, 9.17) is 17.3 Å². The molecule has 154 valence electrons. The maximum atomic E-state index is 11.5. The molecule has 0 saturated heterocycles. The van der Waals surface area contributed by atoms with Gasteiger partial charge in [0.15, 0.2) is 0 Å². The van der Waals surface area contributed by atoms with Crippen LogP contribution in [-0.2, 0) is 22.6 Å². The van der Waals surface area contributed by atoms with Gasteiger partial charge in [0.05, 0.1) is 0 Å². The Bertz CT molecular complexity index is 944. The van der Waals surface area contributed by atoms with Crippen LogP contribution < -0.4 is 11.1 Å². The van der Waals surface area contributed by atoms with Gasteiger partial charge in [0.25, 0.3) is 0 Å². The fourth-order valence-electron chi connectivity index (χ4n) is 2.71. The van der Waals surface area contributed by atoms with Crippen LogP contribution in [0.15, 0.2) is 54.7 Å². The van der Waals surface area contributed by atoms with Gasteiger partial charge >= 0.3 is 5.97 Å². The lowest BCUT2D eigenvalue weighted by Gasteiger charge is -2.13. The molecular formula is C21H24ClN3O3S. The van der Waals surface area contributed by atoms with Crippen molar-refractivity contribution < 1.29 is 14.7 Å². The van der Waals surface area contributed by atoms with Crippen molar-refractivity contribution in [3.63, 3.8) is 0 Å². The van der Waals surface area contributed by atoms with Crippen LogP contribution in [0, 0.1) is 0 Å². The zero-order valence-corrected chi connectivity index (χ0v) is 17.4. The van der Waals surface area contributed by atoms with Crippen LogP contribution in [0.4, 0.5) is 0 Å². The number of benzene rings is 2. The van der Waals surface area contributed by atoms with Gasteiger partial charge in [0.1, 0.15) is 6.04 Å². The number of nitrogens with one attached hydrogen (secondary N) is 2. The highest BCUT2D eigenvalue weighted by Crippen LogP contribution is 2.19. The van der Waals surface area contributed by atoms with E-state index in [1.165, 1.54) is 0 Å². The third-order valence-electron chi connectivity index (χ3n) is 4.22. The van der Waals surface area contributed by atoms with Crippen molar-refractivity contribution in [3.8, 4) is 0 Å². The van der Waals surface area contributed by atoms with Crippen molar-refractivity contribution in [3.05, 3.63) is 70.9 Å². The Labute approximate surface area is 179 Å². The molecule has 2 aromatic carbocycles. The summed E-state index contributed by atoms with van der Waals surface area (Å²) in [5.41, 5.74) is 8.29. The average molecular weight is 434 g/mol. The highest BCUT2D eigenvalue weighted by Gasteiger charge is 2.21. The third kappa shape index (κ3) is 7.12. The first-order valence-electron chi connectivity index (χ1n) is 9.07. The van der Waals surface area contributed by atoms with Gasteiger partial charge < -0.3 is 21.1 Å². The van der Waals surface area contributed by atoms with Crippen LogP contribution in [0.25, 0.3) is 10.9 Å². The van der Waals surface area contributed by atoms with Crippen molar-refractivity contribution in [1.82, 2.24) is 10.3 Å². The van der Waals surface area contributed by atoms with E-state index in [0.717, 1.165) is 27.1 Å². The molecule has 0 aliphatic rings. The smallest absolute Gasteiger partial charge is 0.326 e. The number of para-hydroxylation sites is 1. The molecule has 8 heteroatoms. The number of aliphatic carboxylic acids is 1. The number of nitrogens with two attached hydrogens (primary N) is 1. The molecule has 1 atom stereocenters. The number of carboxylic acids is 1. The quantitative estimate of drug-likeness (QED) is 0.368. The minimum Gasteiger partial charge on any atom is -0.480 e. The summed E-state index contributed by atoms with van der Waals surface area (Å²) in [6.45, 7) is 0.581. The molecule has 5 N–H and O–H groups in total. The largest absolute Gasteiger partial charge is 0.480 e. The Morgan fingerprint density at radius 3 is 2.48 bits per heavy atom. The van der Waals surface area contributed by atoms with Crippen molar-refractivity contribution in [2.45, 2.75) is 25.4 Å². The second-order valence-corrected chi connectivity index (χ2v) is 7.21. The van der Waals surface area contributed by atoms with E-state index in [2.05, 4.69) is 22.9 Å². The molecule has 1 amide bonds. The highest BCUT2D eigenvalue weighted by atomic mass is 35.5. The fraction of sp³-hybridized carbons (Fsp3) is 0.238. The van der Waals surface area contributed by atoms with Gasteiger partial charge in [-0.1, -0.05) is 41.9 Å². The van der Waals surface area contributed by atoms with E-state index in [-0.39, 0.29) is 18.7 Å². The van der Waals surface area contributed by atoms with Crippen LogP contribution in [-0.4, -0.2) is 33.8 Å². The third-order valence-corrected chi connectivity index (χ3v) is 4.70. The number of hydrogen-bond acceptors (Lipinski definition) is 4. The van der Waals surface area contributed by atoms with E-state index in [9.17, 15) is 14.7 Å². The molecule has 3 rings (SSSR count). The molecule has 0 aliphatic heterocycles. The van der Waals surface area contributed by atoms with E-state index >= 15 is 0 Å². The first kappa shape index (κ1) is 22.8. The highest BCUT2D eigenvalue weighted by molar-refractivity contribution is 7.80. The van der Waals surface area contributed by atoms with Crippen LogP contribution in [0.1, 0.15) is 17.5 Å². The Balaban J connectivity index is 0.000000278. The lowest BCUT2D eigenvalue weighted by molar-refractivity contribution is -0.141. The topological polar surface area (TPSA) is 108 Å². The van der Waals surface area contributed by atoms with Crippen molar-refractivity contribution in [2.75, 3.05) is 5.75 Å². The second kappa shape index (κ2) is 11.5. The lowest BCUT2D eigenvalue weighted by Crippen LogP contribution is -2.42. The maximum Gasteiger partial charge on any atom is 0.326 e. The molecule has 0 unspecified atom stereocenters. The molecule has 0 saturated carbocycles. The minimum atomic E-state index is -1.04. The summed E-state index contributed by atoms with van der Waals surface area (Å²) in [4.78, 5) is 25.9. The van der Waals surface area contributed by atoms with Crippen LogP contribution in [0.2, 0.25) is 5.02 Å². The average Bonchev–Trinajstić information content (AvgIpc) is 3.12. The Morgan fingerprint density at radius 2 is 1.86 bits per heavy atom. The molecule has 3 aromatic rings. The molecule has 0 spiro atoms. The number of fused-ring (bicyclic) bond motifs is 1. The summed E-state index contributed by atoms with van der Waals surface area (Å²) < 4.78 is 0. The number of aromatic nitrogens is 1. The molecule has 0 fully saturated rings. The molecule has 6 nitrogen and oxygen atoms in total. The fourth-order valence-corrected chi connectivity index (χ4v) is 3.04. The van der Waals surface area contributed by atoms with Gasteiger partial charge in [-0.3, -0.25) is 4.79 Å². The van der Waals surface area contributed by atoms with Gasteiger partial charge in [0, 0.05) is 41.5 Å². The van der Waals surface area contributed by atoms with Gasteiger partial charge in [0.2, 0.25) is 5.91 Å². The SMILES string of the molecule is NCc1ccc(Cl)cc1.O=C(CCS)N[C@@H](Cc1c[nH]c2ccccc12)C(=O)O. The predicted molar refractivity (Wildman–Crippen MR) is 119 cm³/mol. The summed E-state index contributed by atoms with van der Waals surface area (Å²) in [6.07, 6.45) is 2.24. The minimum absolute atomic E-state index is 0.209. The molecule has 0 bridgehead atoms. The van der Waals surface area contributed by atoms with E-state index in [0.29, 0.717) is 12.3 Å². The maximum absolute atomic E-state index is 11.5. The van der Waals surface area contributed by atoms with Crippen LogP contribution >= 0.6 is 24.2 Å².